The number of carbonyl (C=O) groups excluding carboxylic acids is 2. The maximum absolute atomic E-state index is 12.3. The van der Waals surface area contributed by atoms with Crippen LogP contribution in [0.3, 0.4) is 0 Å². The van der Waals surface area contributed by atoms with E-state index in [9.17, 15) is 9.59 Å². The fraction of sp³-hybridized carbons (Fsp3) is 0.346. The monoisotopic (exact) mass is 1030 g/mol. The van der Waals surface area contributed by atoms with Crippen LogP contribution in [0.1, 0.15) is 92.8 Å². The van der Waals surface area contributed by atoms with Gasteiger partial charge in [-0.25, -0.2) is 9.36 Å². The Balaban J connectivity index is 0.000000206. The molecule has 0 saturated carbocycles. The number of esters is 2. The van der Waals surface area contributed by atoms with Gasteiger partial charge in [0.05, 0.1) is 87.4 Å². The molecule has 0 bridgehead atoms. The Hall–Kier alpha value is -5.88. The van der Waals surface area contributed by atoms with E-state index in [0.29, 0.717) is 35.1 Å². The van der Waals surface area contributed by atoms with Crippen LogP contribution in [0.15, 0.2) is 84.9 Å². The zero-order valence-electron chi connectivity index (χ0n) is 40.4. The summed E-state index contributed by atoms with van der Waals surface area (Å²) in [6, 6.07) is 27.7. The van der Waals surface area contributed by atoms with Crippen molar-refractivity contribution in [2.45, 2.75) is 91.9 Å². The zero-order valence-corrected chi connectivity index (χ0v) is 43.6. The first-order chi connectivity index (χ1) is 33.9. The second-order valence-electron chi connectivity index (χ2n) is 16.3. The van der Waals surface area contributed by atoms with Gasteiger partial charge in [-0.15, -0.1) is 32.9 Å². The Morgan fingerprint density at radius 2 is 0.957 bits per heavy atom. The lowest BCUT2D eigenvalue weighted by Gasteiger charge is -2.17. The fourth-order valence-electron chi connectivity index (χ4n) is 8.21. The van der Waals surface area contributed by atoms with Crippen molar-refractivity contribution >= 4 is 79.9 Å². The molecule has 0 amide bonds. The molecule has 8 aromatic rings. The van der Waals surface area contributed by atoms with Crippen LogP contribution in [0.25, 0.3) is 22.1 Å². The molecule has 4 aromatic carbocycles. The van der Waals surface area contributed by atoms with Gasteiger partial charge in [-0.3, -0.25) is 9.59 Å². The van der Waals surface area contributed by atoms with Gasteiger partial charge in [-0.05, 0) is 110 Å². The lowest BCUT2D eigenvalue weighted by Crippen LogP contribution is -2.10. The number of nitrogens with zero attached hydrogens (tertiary/aromatic N) is 6. The maximum Gasteiger partial charge on any atom is 0.306 e. The van der Waals surface area contributed by atoms with Crippen molar-refractivity contribution in [3.8, 4) is 11.5 Å². The van der Waals surface area contributed by atoms with Gasteiger partial charge >= 0.3 is 11.9 Å². The molecule has 0 radical (unpaired) electrons. The molecular weight excluding hydrogens is 972 g/mol. The lowest BCUT2D eigenvalue weighted by atomic mass is 9.89. The topological polar surface area (TPSA) is 151 Å². The maximum atomic E-state index is 12.3. The Morgan fingerprint density at radius 1 is 0.571 bits per heavy atom. The molecule has 4 heterocycles. The van der Waals surface area contributed by atoms with Crippen molar-refractivity contribution in [3.63, 3.8) is 0 Å². The zero-order chi connectivity index (χ0) is 49.9. The highest BCUT2D eigenvalue weighted by Gasteiger charge is 2.27. The third-order valence-corrected chi connectivity index (χ3v) is 15.2. The van der Waals surface area contributed by atoms with Crippen LogP contribution in [0.5, 0.6) is 11.5 Å². The fourth-order valence-corrected chi connectivity index (χ4v) is 11.0. The first-order valence-electron chi connectivity index (χ1n) is 22.7. The SMILES string of the molecule is CCn1nnc2c(C)c([C@@H](CC(=O)OC)c3cc(COCc4ccc(OC)cc4)c(Cl)s3)ccc21.CCn1nnc2c(C)c([C@H](CC(=O)OC)c3cc(COCc4ccc(OC)cc4)c(Cl)s3)ccc21. The molecule has 0 fully saturated rings. The Morgan fingerprint density at radius 3 is 1.30 bits per heavy atom. The second-order valence-corrected chi connectivity index (χ2v) is 19.7. The number of fused-ring (bicyclic) bond motifs is 2. The van der Waals surface area contributed by atoms with Crippen LogP contribution in [0.2, 0.25) is 8.67 Å². The van der Waals surface area contributed by atoms with Crippen molar-refractivity contribution in [2.75, 3.05) is 28.4 Å². The molecule has 14 nitrogen and oxygen atoms in total. The molecule has 2 atom stereocenters. The van der Waals surface area contributed by atoms with E-state index in [1.165, 1.54) is 36.9 Å². The molecular formula is C52H56Cl2N6O8S2. The largest absolute Gasteiger partial charge is 0.497 e. The summed E-state index contributed by atoms with van der Waals surface area (Å²) >= 11 is 16.1. The standard InChI is InChI=1S/2C26H28ClN3O4S/c2*1-5-30-22-11-10-20(16(2)25(22)28-29-30)21(13-24(31)33-4)23-12-18(26(27)35-23)15-34-14-17-6-8-19(32-3)9-7-17/h2*6-12,21H,5,13-15H2,1-4H3/t2*21-/m10/s1. The van der Waals surface area contributed by atoms with E-state index in [4.69, 9.17) is 51.6 Å². The number of carbonyl (C=O) groups is 2. The van der Waals surface area contributed by atoms with Crippen molar-refractivity contribution in [3.05, 3.63) is 148 Å². The molecule has 0 aliphatic heterocycles. The quantitative estimate of drug-likeness (QED) is 0.0668. The van der Waals surface area contributed by atoms with Crippen molar-refractivity contribution in [1.29, 1.82) is 0 Å². The summed E-state index contributed by atoms with van der Waals surface area (Å²) in [4.78, 5) is 26.6. The van der Waals surface area contributed by atoms with Gasteiger partial charge in [-0.1, -0.05) is 70.0 Å². The van der Waals surface area contributed by atoms with E-state index in [1.807, 2.05) is 122 Å². The van der Waals surface area contributed by atoms with Gasteiger partial charge in [0.2, 0.25) is 0 Å². The smallest absolute Gasteiger partial charge is 0.306 e. The summed E-state index contributed by atoms with van der Waals surface area (Å²) in [5.74, 6) is 0.623. The number of aromatic nitrogens is 6. The number of ether oxygens (including phenoxy) is 6. The van der Waals surface area contributed by atoms with Gasteiger partial charge in [0.25, 0.3) is 0 Å². The molecule has 0 N–H and O–H groups in total. The van der Waals surface area contributed by atoms with Crippen molar-refractivity contribution in [1.82, 2.24) is 30.0 Å². The number of rotatable bonds is 20. The minimum absolute atomic E-state index is 0.202. The Bertz CT molecular complexity index is 2840. The molecule has 0 saturated heterocycles. The highest BCUT2D eigenvalue weighted by atomic mass is 35.5. The molecule has 0 unspecified atom stereocenters. The van der Waals surface area contributed by atoms with Crippen molar-refractivity contribution < 1.29 is 38.0 Å². The molecule has 8 rings (SSSR count). The normalized spacial score (nSPS) is 12.1. The van der Waals surface area contributed by atoms with Crippen LogP contribution >= 0.6 is 45.9 Å². The van der Waals surface area contributed by atoms with Gasteiger partial charge in [0, 0.05) is 45.8 Å². The summed E-state index contributed by atoms with van der Waals surface area (Å²) in [6.45, 7) is 11.2. The third kappa shape index (κ3) is 12.2. The number of benzene rings is 4. The lowest BCUT2D eigenvalue weighted by molar-refractivity contribution is -0.141. The van der Waals surface area contributed by atoms with E-state index in [2.05, 4.69) is 20.6 Å². The number of hydrogen-bond acceptors (Lipinski definition) is 14. The summed E-state index contributed by atoms with van der Waals surface area (Å²) < 4.78 is 37.3. The highest BCUT2D eigenvalue weighted by molar-refractivity contribution is 7.16. The average molecular weight is 1030 g/mol. The molecule has 4 aromatic heterocycles. The molecule has 18 heteroatoms. The van der Waals surface area contributed by atoms with Gasteiger partial charge in [0.1, 0.15) is 22.5 Å². The molecule has 0 aliphatic rings. The summed E-state index contributed by atoms with van der Waals surface area (Å²) in [7, 11) is 6.09. The van der Waals surface area contributed by atoms with Crippen LogP contribution in [0, 0.1) is 13.8 Å². The van der Waals surface area contributed by atoms with Gasteiger partial charge in [0.15, 0.2) is 0 Å². The number of methoxy groups -OCH3 is 4. The Kier molecular flexibility index (Phi) is 18.0. The van der Waals surface area contributed by atoms with E-state index in [-0.39, 0.29) is 36.6 Å². The van der Waals surface area contributed by atoms with Crippen LogP contribution in [-0.2, 0) is 68.1 Å². The summed E-state index contributed by atoms with van der Waals surface area (Å²) in [5.41, 5.74) is 11.5. The van der Waals surface area contributed by atoms with E-state index in [0.717, 1.165) is 101 Å². The Labute approximate surface area is 425 Å². The minimum Gasteiger partial charge on any atom is -0.497 e. The number of thiophene rings is 2. The van der Waals surface area contributed by atoms with Crippen molar-refractivity contribution in [2.24, 2.45) is 0 Å². The van der Waals surface area contributed by atoms with Crippen LogP contribution < -0.4 is 9.47 Å². The van der Waals surface area contributed by atoms with Crippen LogP contribution in [-0.4, -0.2) is 70.4 Å². The molecule has 368 valence electrons. The second kappa shape index (κ2) is 24.3. The summed E-state index contributed by atoms with van der Waals surface area (Å²) in [5, 5.41) is 17.2. The molecule has 70 heavy (non-hydrogen) atoms. The average Bonchev–Trinajstić information content (AvgIpc) is 4.19. The molecule has 0 aliphatic carbocycles. The molecule has 0 spiro atoms. The predicted molar refractivity (Wildman–Crippen MR) is 274 cm³/mol. The summed E-state index contributed by atoms with van der Waals surface area (Å²) in [6.07, 6.45) is 0.404. The van der Waals surface area contributed by atoms with Gasteiger partial charge in [-0.2, -0.15) is 0 Å². The predicted octanol–water partition coefficient (Wildman–Crippen LogP) is 11.8. The number of aryl methyl sites for hydroxylation is 4. The minimum atomic E-state index is -0.284. The first-order valence-corrected chi connectivity index (χ1v) is 25.0. The van der Waals surface area contributed by atoms with Crippen LogP contribution in [0.4, 0.5) is 0 Å². The first kappa shape index (κ1) is 52.0. The number of halogens is 2. The van der Waals surface area contributed by atoms with E-state index >= 15 is 0 Å². The number of hydrogen-bond donors (Lipinski definition) is 0. The van der Waals surface area contributed by atoms with E-state index < -0.39 is 0 Å². The van der Waals surface area contributed by atoms with E-state index in [1.54, 1.807) is 14.2 Å². The third-order valence-electron chi connectivity index (χ3n) is 12.1. The highest BCUT2D eigenvalue weighted by Crippen LogP contribution is 2.42. The van der Waals surface area contributed by atoms with Gasteiger partial charge < -0.3 is 28.4 Å².